The van der Waals surface area contributed by atoms with Crippen LogP contribution in [0.5, 0.6) is 5.75 Å². The van der Waals surface area contributed by atoms with Crippen LogP contribution in [0.25, 0.3) is 0 Å². The largest absolute Gasteiger partial charge is 0.497 e. The molecule has 2 amide bonds. The van der Waals surface area contributed by atoms with Gasteiger partial charge in [0, 0.05) is 18.2 Å². The average Bonchev–Trinajstić information content (AvgIpc) is 2.59. The Hall–Kier alpha value is -2.67. The summed E-state index contributed by atoms with van der Waals surface area (Å²) < 4.78 is 32.0. The molecule has 0 bridgehead atoms. The molecule has 0 unspecified atom stereocenters. The number of hydrogen-bond donors (Lipinski definition) is 2. The maximum absolute atomic E-state index is 13.5. The molecule has 0 fully saturated rings. The van der Waals surface area contributed by atoms with Crippen LogP contribution < -0.4 is 15.4 Å². The normalized spacial score (nSPS) is 10.2. The molecule has 0 radical (unpaired) electrons. The van der Waals surface area contributed by atoms with Gasteiger partial charge in [-0.1, -0.05) is 17.7 Å². The molecule has 2 N–H and O–H groups in total. The topological polar surface area (TPSA) is 67.4 Å². The van der Waals surface area contributed by atoms with E-state index in [-0.39, 0.29) is 29.2 Å². The maximum atomic E-state index is 13.5. The summed E-state index contributed by atoms with van der Waals surface area (Å²) in [5, 5.41) is 4.87. The van der Waals surface area contributed by atoms with Gasteiger partial charge < -0.3 is 15.4 Å². The number of methoxy groups -OCH3 is 1. The first-order valence-corrected chi connectivity index (χ1v) is 7.65. The van der Waals surface area contributed by atoms with E-state index in [1.165, 1.54) is 25.3 Å². The van der Waals surface area contributed by atoms with E-state index in [9.17, 15) is 18.4 Å². The zero-order valence-electron chi connectivity index (χ0n) is 13.2. The van der Waals surface area contributed by atoms with Gasteiger partial charge in [0.1, 0.15) is 17.4 Å². The molecule has 0 atom stereocenters. The maximum Gasteiger partial charge on any atom is 0.313 e. The minimum atomic E-state index is -0.954. The van der Waals surface area contributed by atoms with E-state index < -0.39 is 23.4 Å². The Kier molecular flexibility index (Phi) is 6.30. The van der Waals surface area contributed by atoms with Crippen molar-refractivity contribution >= 4 is 29.1 Å². The van der Waals surface area contributed by atoms with Crippen LogP contribution in [-0.4, -0.2) is 25.5 Å². The van der Waals surface area contributed by atoms with Crippen molar-refractivity contribution < 1.29 is 23.1 Å². The van der Waals surface area contributed by atoms with Crippen molar-refractivity contribution in [2.24, 2.45) is 0 Å². The Labute approximate surface area is 147 Å². The number of carbonyl (C=O) groups is 2. The molecule has 2 aromatic rings. The lowest BCUT2D eigenvalue weighted by Gasteiger charge is -2.10. The van der Waals surface area contributed by atoms with Crippen LogP contribution in [0, 0.1) is 11.6 Å². The van der Waals surface area contributed by atoms with Gasteiger partial charge in [0.2, 0.25) is 0 Å². The van der Waals surface area contributed by atoms with Crippen molar-refractivity contribution in [3.05, 3.63) is 58.6 Å². The van der Waals surface area contributed by atoms with Crippen molar-refractivity contribution in [2.45, 2.75) is 6.42 Å². The Morgan fingerprint density at radius 2 is 1.80 bits per heavy atom. The number of amides is 2. The highest BCUT2D eigenvalue weighted by Crippen LogP contribution is 2.26. The van der Waals surface area contributed by atoms with Crippen LogP contribution in [0.1, 0.15) is 5.56 Å². The van der Waals surface area contributed by atoms with Crippen LogP contribution >= 0.6 is 11.6 Å². The molecular weight excluding hydrogens is 354 g/mol. The monoisotopic (exact) mass is 368 g/mol. The van der Waals surface area contributed by atoms with Gasteiger partial charge in [0.15, 0.2) is 0 Å². The van der Waals surface area contributed by atoms with Crippen molar-refractivity contribution in [3.63, 3.8) is 0 Å². The van der Waals surface area contributed by atoms with Crippen LogP contribution in [0.15, 0.2) is 36.4 Å². The summed E-state index contributed by atoms with van der Waals surface area (Å²) in [5.41, 5.74) is 0.0559. The van der Waals surface area contributed by atoms with Crippen LogP contribution in [0.4, 0.5) is 14.5 Å². The number of nitrogens with one attached hydrogen (secondary N) is 2. The summed E-state index contributed by atoms with van der Waals surface area (Å²) in [4.78, 5) is 23.7. The van der Waals surface area contributed by atoms with E-state index in [2.05, 4.69) is 10.6 Å². The molecule has 8 heteroatoms. The predicted octanol–water partition coefficient (Wildman–Crippen LogP) is 2.92. The fraction of sp³-hybridized carbons (Fsp3) is 0.176. The van der Waals surface area contributed by atoms with Gasteiger partial charge in [-0.15, -0.1) is 0 Å². The van der Waals surface area contributed by atoms with Crippen molar-refractivity contribution in [2.75, 3.05) is 19.0 Å². The number of anilines is 1. The number of ether oxygens (including phenoxy) is 1. The molecule has 25 heavy (non-hydrogen) atoms. The number of hydrogen-bond acceptors (Lipinski definition) is 3. The van der Waals surface area contributed by atoms with E-state index in [4.69, 9.17) is 16.3 Å². The summed E-state index contributed by atoms with van der Waals surface area (Å²) in [6.07, 6.45) is -0.0859. The molecule has 0 saturated heterocycles. The first kappa shape index (κ1) is 18.7. The molecule has 5 nitrogen and oxygen atoms in total. The van der Waals surface area contributed by atoms with Crippen LogP contribution in [0.2, 0.25) is 5.02 Å². The van der Waals surface area contributed by atoms with Crippen molar-refractivity contribution in [3.8, 4) is 5.75 Å². The van der Waals surface area contributed by atoms with Crippen LogP contribution in [0.3, 0.4) is 0 Å². The van der Waals surface area contributed by atoms with Gasteiger partial charge in [-0.25, -0.2) is 8.78 Å². The lowest BCUT2D eigenvalue weighted by atomic mass is 10.1. The highest BCUT2D eigenvalue weighted by Gasteiger charge is 2.16. The third kappa shape index (κ3) is 4.90. The molecule has 0 heterocycles. The molecule has 0 spiro atoms. The Morgan fingerprint density at radius 3 is 2.44 bits per heavy atom. The number of benzene rings is 2. The molecule has 0 saturated carbocycles. The standard InChI is InChI=1S/C17H15ClF2N2O3/c1-25-10-5-6-12(18)15(9-10)22-17(24)16(23)21-8-7-11-13(19)3-2-4-14(11)20/h2-6,9H,7-8H2,1H3,(H,21,23)(H,22,24). The van der Waals surface area contributed by atoms with Crippen LogP contribution in [-0.2, 0) is 16.0 Å². The molecule has 0 aromatic heterocycles. The van der Waals surface area contributed by atoms with E-state index in [0.717, 1.165) is 12.1 Å². The first-order valence-electron chi connectivity index (χ1n) is 7.28. The summed E-state index contributed by atoms with van der Waals surface area (Å²) in [6, 6.07) is 8.06. The second-order valence-electron chi connectivity index (χ2n) is 5.01. The van der Waals surface area contributed by atoms with Gasteiger partial charge in [0.25, 0.3) is 0 Å². The third-order valence-corrected chi connectivity index (χ3v) is 3.68. The number of halogens is 3. The molecule has 2 rings (SSSR count). The number of rotatable bonds is 5. The third-order valence-electron chi connectivity index (χ3n) is 3.35. The fourth-order valence-corrected chi connectivity index (χ4v) is 2.22. The van der Waals surface area contributed by atoms with E-state index in [0.29, 0.717) is 5.75 Å². The highest BCUT2D eigenvalue weighted by atomic mass is 35.5. The lowest BCUT2D eigenvalue weighted by molar-refractivity contribution is -0.136. The fourth-order valence-electron chi connectivity index (χ4n) is 2.06. The van der Waals surface area contributed by atoms with Crippen molar-refractivity contribution in [1.82, 2.24) is 5.32 Å². The quantitative estimate of drug-likeness (QED) is 0.797. The minimum absolute atomic E-state index is 0.0859. The second-order valence-corrected chi connectivity index (χ2v) is 5.41. The van der Waals surface area contributed by atoms with Gasteiger partial charge in [-0.2, -0.15) is 0 Å². The van der Waals surface area contributed by atoms with Gasteiger partial charge in [-0.05, 0) is 30.7 Å². The molecule has 0 aliphatic carbocycles. The summed E-state index contributed by atoms with van der Waals surface area (Å²) in [6.45, 7) is -0.101. The minimum Gasteiger partial charge on any atom is -0.497 e. The van der Waals surface area contributed by atoms with E-state index in [1.807, 2.05) is 0 Å². The summed E-state index contributed by atoms with van der Waals surface area (Å²) in [7, 11) is 1.45. The van der Waals surface area contributed by atoms with Gasteiger partial charge in [-0.3, -0.25) is 9.59 Å². The molecule has 2 aromatic carbocycles. The van der Waals surface area contributed by atoms with E-state index >= 15 is 0 Å². The summed E-state index contributed by atoms with van der Waals surface area (Å²) >= 11 is 5.94. The summed E-state index contributed by atoms with van der Waals surface area (Å²) in [5.74, 6) is -2.86. The molecular formula is C17H15ClF2N2O3. The van der Waals surface area contributed by atoms with Gasteiger partial charge >= 0.3 is 11.8 Å². The van der Waals surface area contributed by atoms with E-state index in [1.54, 1.807) is 6.07 Å². The zero-order valence-corrected chi connectivity index (χ0v) is 14.0. The number of carbonyl (C=O) groups excluding carboxylic acids is 2. The van der Waals surface area contributed by atoms with Crippen molar-refractivity contribution in [1.29, 1.82) is 0 Å². The predicted molar refractivity (Wildman–Crippen MR) is 89.7 cm³/mol. The zero-order chi connectivity index (χ0) is 18.4. The smallest absolute Gasteiger partial charge is 0.313 e. The molecule has 0 aliphatic heterocycles. The molecule has 132 valence electrons. The lowest BCUT2D eigenvalue weighted by Crippen LogP contribution is -2.36. The second kappa shape index (κ2) is 8.43. The molecule has 0 aliphatic rings. The first-order chi connectivity index (χ1) is 11.9. The Bertz CT molecular complexity index is 779. The highest BCUT2D eigenvalue weighted by molar-refractivity contribution is 6.41. The van der Waals surface area contributed by atoms with Gasteiger partial charge in [0.05, 0.1) is 17.8 Å². The average molecular weight is 369 g/mol. The Balaban J connectivity index is 1.92. The SMILES string of the molecule is COc1ccc(Cl)c(NC(=O)C(=O)NCCc2c(F)cccc2F)c1. The Morgan fingerprint density at radius 1 is 1.12 bits per heavy atom.